The molecule has 1 unspecified atom stereocenters. The van der Waals surface area contributed by atoms with Crippen LogP contribution in [0.15, 0.2) is 18.6 Å². The minimum Gasteiger partial charge on any atom is -0.473 e. The van der Waals surface area contributed by atoms with Crippen LogP contribution in [0.25, 0.3) is 0 Å². The maximum absolute atomic E-state index is 11.1. The number of carbonyl (C=O) groups is 1. The van der Waals surface area contributed by atoms with Crippen LogP contribution in [0.2, 0.25) is 0 Å². The summed E-state index contributed by atoms with van der Waals surface area (Å²) >= 11 is 1.51. The van der Waals surface area contributed by atoms with Crippen molar-refractivity contribution in [2.24, 2.45) is 0 Å². The van der Waals surface area contributed by atoms with Crippen molar-refractivity contribution in [2.45, 2.75) is 39.0 Å². The minimum absolute atomic E-state index is 0.0950. The molecule has 0 aliphatic carbocycles. The summed E-state index contributed by atoms with van der Waals surface area (Å²) in [6.07, 6.45) is 4.39. The molecular formula is C17H24N6O2S. The fraction of sp³-hybridized carbons (Fsp3) is 0.529. The van der Waals surface area contributed by atoms with Gasteiger partial charge in [-0.2, -0.15) is 0 Å². The number of thiazole rings is 1. The molecule has 3 heterocycles. The largest absolute Gasteiger partial charge is 0.473 e. The maximum atomic E-state index is 11.1. The van der Waals surface area contributed by atoms with Gasteiger partial charge in [0.15, 0.2) is 5.13 Å². The topological polar surface area (TPSA) is 83.5 Å². The van der Waals surface area contributed by atoms with Gasteiger partial charge in [0, 0.05) is 63.7 Å². The van der Waals surface area contributed by atoms with E-state index in [0.717, 1.165) is 30.2 Å². The van der Waals surface area contributed by atoms with Gasteiger partial charge in [-0.15, -0.1) is 11.3 Å². The third-order valence-corrected chi connectivity index (χ3v) is 5.13. The fourth-order valence-electron chi connectivity index (χ4n) is 2.95. The van der Waals surface area contributed by atoms with Gasteiger partial charge in [0.25, 0.3) is 0 Å². The number of nitrogens with one attached hydrogen (secondary N) is 1. The fourth-order valence-corrected chi connectivity index (χ4v) is 3.83. The molecule has 1 aliphatic heterocycles. The second-order valence-electron chi connectivity index (χ2n) is 6.68. The zero-order valence-corrected chi connectivity index (χ0v) is 16.3. The smallest absolute Gasteiger partial charge is 0.223 e. The summed E-state index contributed by atoms with van der Waals surface area (Å²) in [5, 5.41) is 3.37. The average Bonchev–Trinajstić information content (AvgIpc) is 3.14. The number of aromatic nitrogens is 3. The van der Waals surface area contributed by atoms with E-state index in [1.165, 1.54) is 24.6 Å². The number of amides is 1. The van der Waals surface area contributed by atoms with E-state index in [4.69, 9.17) is 4.74 Å². The number of likely N-dealkylation sites (tertiary alicyclic amines) is 1. The van der Waals surface area contributed by atoms with Crippen LogP contribution in [0.5, 0.6) is 5.88 Å². The Bertz CT molecular complexity index is 765. The van der Waals surface area contributed by atoms with E-state index in [2.05, 4.69) is 32.1 Å². The van der Waals surface area contributed by atoms with E-state index in [1.807, 2.05) is 31.3 Å². The second kappa shape index (κ2) is 7.96. The molecule has 26 heavy (non-hydrogen) atoms. The van der Waals surface area contributed by atoms with Gasteiger partial charge in [0.05, 0.1) is 0 Å². The monoisotopic (exact) mass is 376 g/mol. The van der Waals surface area contributed by atoms with Gasteiger partial charge in [-0.05, 0) is 6.92 Å². The highest BCUT2D eigenvalue weighted by Crippen LogP contribution is 2.27. The first-order valence-electron chi connectivity index (χ1n) is 8.53. The molecule has 0 spiro atoms. The third kappa shape index (κ3) is 4.67. The van der Waals surface area contributed by atoms with Crippen LogP contribution in [0.1, 0.15) is 25.1 Å². The lowest BCUT2D eigenvalue weighted by Crippen LogP contribution is -2.27. The predicted molar refractivity (Wildman–Crippen MR) is 102 cm³/mol. The quantitative estimate of drug-likeness (QED) is 0.825. The number of rotatable bonds is 6. The summed E-state index contributed by atoms with van der Waals surface area (Å²) in [5.41, 5.74) is 0. The number of carbonyl (C=O) groups excluding carboxylic acids is 1. The molecule has 0 saturated carbocycles. The van der Waals surface area contributed by atoms with Crippen molar-refractivity contribution >= 4 is 28.2 Å². The van der Waals surface area contributed by atoms with Gasteiger partial charge in [-0.25, -0.2) is 15.0 Å². The Morgan fingerprint density at radius 2 is 2.23 bits per heavy atom. The number of anilines is 2. The molecule has 2 atom stereocenters. The Morgan fingerprint density at radius 1 is 1.42 bits per heavy atom. The van der Waals surface area contributed by atoms with E-state index in [1.54, 1.807) is 0 Å². The maximum Gasteiger partial charge on any atom is 0.223 e. The first-order chi connectivity index (χ1) is 12.4. The predicted octanol–water partition coefficient (Wildman–Crippen LogP) is 2.00. The van der Waals surface area contributed by atoms with E-state index < -0.39 is 0 Å². The van der Waals surface area contributed by atoms with Crippen molar-refractivity contribution in [2.75, 3.05) is 30.9 Å². The lowest BCUT2D eigenvalue weighted by atomic mass is 10.2. The molecule has 1 fully saturated rings. The van der Waals surface area contributed by atoms with Crippen LogP contribution >= 0.6 is 11.3 Å². The first kappa shape index (κ1) is 18.5. The zero-order valence-electron chi connectivity index (χ0n) is 15.5. The van der Waals surface area contributed by atoms with E-state index >= 15 is 0 Å². The van der Waals surface area contributed by atoms with Crippen molar-refractivity contribution in [3.8, 4) is 5.88 Å². The highest BCUT2D eigenvalue weighted by atomic mass is 32.1. The second-order valence-corrected chi connectivity index (χ2v) is 7.79. The molecule has 1 saturated heterocycles. The summed E-state index contributed by atoms with van der Waals surface area (Å²) in [6.45, 7) is 5.31. The van der Waals surface area contributed by atoms with Crippen molar-refractivity contribution in [1.29, 1.82) is 0 Å². The molecule has 1 amide bonds. The normalized spacial score (nSPS) is 20.2. The molecule has 0 radical (unpaired) electrons. The molecule has 2 aromatic heterocycles. The highest BCUT2D eigenvalue weighted by Gasteiger charge is 2.31. The highest BCUT2D eigenvalue weighted by molar-refractivity contribution is 7.15. The molecule has 140 valence electrons. The molecule has 1 aliphatic rings. The Balaban J connectivity index is 1.58. The van der Waals surface area contributed by atoms with Crippen LogP contribution in [-0.2, 0) is 11.3 Å². The summed E-state index contributed by atoms with van der Waals surface area (Å²) in [7, 11) is 3.88. The van der Waals surface area contributed by atoms with Crippen LogP contribution in [0.4, 0.5) is 10.9 Å². The number of hydrogen-bond donors (Lipinski definition) is 1. The van der Waals surface area contributed by atoms with E-state index in [9.17, 15) is 4.79 Å². The molecule has 8 nitrogen and oxygen atoms in total. The summed E-state index contributed by atoms with van der Waals surface area (Å²) in [4.78, 5) is 29.2. The lowest BCUT2D eigenvalue weighted by Gasteiger charge is -2.19. The van der Waals surface area contributed by atoms with Crippen LogP contribution in [0, 0.1) is 0 Å². The SMILES string of the molecule is CC(=O)Nc1ncc(CN2CC(Oc3cc(N(C)C)ncn3)C[C@@H]2C)s1. The van der Waals surface area contributed by atoms with Gasteiger partial charge < -0.3 is 15.0 Å². The Kier molecular flexibility index (Phi) is 5.67. The molecule has 0 aromatic carbocycles. The Morgan fingerprint density at radius 3 is 2.96 bits per heavy atom. The van der Waals surface area contributed by atoms with Gasteiger partial charge >= 0.3 is 0 Å². The number of ether oxygens (including phenoxy) is 1. The molecule has 0 bridgehead atoms. The van der Waals surface area contributed by atoms with E-state index in [-0.39, 0.29) is 12.0 Å². The molecule has 3 rings (SSSR count). The van der Waals surface area contributed by atoms with Crippen molar-refractivity contribution in [3.05, 3.63) is 23.5 Å². The van der Waals surface area contributed by atoms with Gasteiger partial charge in [0.2, 0.25) is 11.8 Å². The molecule has 2 aromatic rings. The zero-order chi connectivity index (χ0) is 18.7. The number of nitrogens with zero attached hydrogens (tertiary/aromatic N) is 5. The van der Waals surface area contributed by atoms with Crippen molar-refractivity contribution in [1.82, 2.24) is 19.9 Å². The van der Waals surface area contributed by atoms with Gasteiger partial charge in [0.1, 0.15) is 18.2 Å². The molecule has 1 N–H and O–H groups in total. The minimum atomic E-state index is -0.101. The molecular weight excluding hydrogens is 352 g/mol. The first-order valence-corrected chi connectivity index (χ1v) is 9.34. The van der Waals surface area contributed by atoms with Crippen LogP contribution in [0.3, 0.4) is 0 Å². The summed E-state index contributed by atoms with van der Waals surface area (Å²) < 4.78 is 6.07. The molecule has 9 heteroatoms. The van der Waals surface area contributed by atoms with Crippen molar-refractivity contribution in [3.63, 3.8) is 0 Å². The van der Waals surface area contributed by atoms with Gasteiger partial charge in [-0.3, -0.25) is 9.69 Å². The standard InChI is InChI=1S/C17H24N6O2S/c1-11-5-13(25-16-6-15(22(3)4)19-10-20-16)8-23(11)9-14-7-18-17(26-14)21-12(2)24/h6-7,10-11,13H,5,8-9H2,1-4H3,(H,18,21,24)/t11-,13?/m0/s1. The van der Waals surface area contributed by atoms with Crippen molar-refractivity contribution < 1.29 is 9.53 Å². The van der Waals surface area contributed by atoms with Gasteiger partial charge in [-0.1, -0.05) is 0 Å². The third-order valence-electron chi connectivity index (χ3n) is 4.23. The summed E-state index contributed by atoms with van der Waals surface area (Å²) in [6, 6.07) is 2.26. The van der Waals surface area contributed by atoms with Crippen LogP contribution < -0.4 is 15.0 Å². The van der Waals surface area contributed by atoms with E-state index in [0.29, 0.717) is 17.1 Å². The lowest BCUT2D eigenvalue weighted by molar-refractivity contribution is -0.114. The summed E-state index contributed by atoms with van der Waals surface area (Å²) in [5.74, 6) is 1.33. The van der Waals surface area contributed by atoms with Crippen LogP contribution in [-0.4, -0.2) is 58.5 Å². The Hall–Kier alpha value is -2.26. The number of hydrogen-bond acceptors (Lipinski definition) is 8. The average molecular weight is 376 g/mol. The Labute approximate surface area is 157 Å².